The molecule has 0 aromatic heterocycles. The van der Waals surface area contributed by atoms with Crippen molar-refractivity contribution in [2.75, 3.05) is 27.3 Å². The van der Waals surface area contributed by atoms with Gasteiger partial charge in [0, 0.05) is 13.1 Å². The van der Waals surface area contributed by atoms with Crippen LogP contribution in [-0.4, -0.2) is 57.3 Å². The van der Waals surface area contributed by atoms with E-state index in [1.807, 2.05) is 0 Å². The van der Waals surface area contributed by atoms with Crippen molar-refractivity contribution in [3.63, 3.8) is 0 Å². The Hall–Kier alpha value is -3.81. The molecule has 4 rings (SSSR count). The van der Waals surface area contributed by atoms with Crippen molar-refractivity contribution in [1.29, 1.82) is 0 Å². The second-order valence-electron chi connectivity index (χ2n) is 8.91. The second kappa shape index (κ2) is 11.7. The average Bonchev–Trinajstić information content (AvgIpc) is 2.96. The highest BCUT2D eigenvalue weighted by Crippen LogP contribution is 2.40. The predicted octanol–water partition coefficient (Wildman–Crippen LogP) is 4.74. The van der Waals surface area contributed by atoms with Gasteiger partial charge in [-0.15, -0.1) is 0 Å². The SMILES string of the molecule is COc1ccc(S(=O)(=O)N2CCC(Oc3ccc(-c4ccccc4)c(C(F)(F)F)c3)CC2)c(C(=O)NO)c1OC. The number of benzene rings is 3. The van der Waals surface area contributed by atoms with Gasteiger partial charge in [-0.1, -0.05) is 36.4 Å². The van der Waals surface area contributed by atoms with E-state index in [2.05, 4.69) is 0 Å². The topological polar surface area (TPSA) is 114 Å². The van der Waals surface area contributed by atoms with Crippen LogP contribution in [0.3, 0.4) is 0 Å². The summed E-state index contributed by atoms with van der Waals surface area (Å²) in [6, 6.07) is 14.5. The summed E-state index contributed by atoms with van der Waals surface area (Å²) >= 11 is 0. The Bertz CT molecular complexity index is 1470. The van der Waals surface area contributed by atoms with Crippen LogP contribution < -0.4 is 19.7 Å². The van der Waals surface area contributed by atoms with E-state index in [1.54, 1.807) is 30.3 Å². The van der Waals surface area contributed by atoms with Crippen molar-refractivity contribution < 1.29 is 45.8 Å². The summed E-state index contributed by atoms with van der Waals surface area (Å²) in [4.78, 5) is 12.0. The summed E-state index contributed by atoms with van der Waals surface area (Å²) in [5, 5.41) is 9.21. The Labute approximate surface area is 229 Å². The summed E-state index contributed by atoms with van der Waals surface area (Å²) in [7, 11) is -1.71. The molecule has 3 aromatic carbocycles. The quantitative estimate of drug-likeness (QED) is 0.292. The number of rotatable bonds is 8. The van der Waals surface area contributed by atoms with Gasteiger partial charge in [0.1, 0.15) is 17.4 Å². The Kier molecular flexibility index (Phi) is 8.57. The van der Waals surface area contributed by atoms with Crippen LogP contribution in [0, 0.1) is 0 Å². The molecule has 1 aliphatic heterocycles. The second-order valence-corrected chi connectivity index (χ2v) is 10.8. The van der Waals surface area contributed by atoms with Crippen molar-refractivity contribution in [3.05, 3.63) is 71.8 Å². The standard InChI is InChI=1S/C27H27F3N2O7S/c1-37-22-10-11-23(24(25(22)38-2)26(33)31-34)40(35,36)32-14-12-18(13-15-32)39-19-8-9-20(17-6-4-3-5-7-17)21(16-19)27(28,29)30/h3-11,16,18,34H,12-15H2,1-2H3,(H,31,33). The number of carbonyl (C=O) groups excluding carboxylic acids is 1. The Morgan fingerprint density at radius 1 is 1.00 bits per heavy atom. The first-order valence-electron chi connectivity index (χ1n) is 12.1. The number of alkyl halides is 3. The van der Waals surface area contributed by atoms with Crippen LogP contribution in [0.25, 0.3) is 11.1 Å². The Balaban J connectivity index is 1.54. The van der Waals surface area contributed by atoms with Gasteiger partial charge < -0.3 is 14.2 Å². The van der Waals surface area contributed by atoms with Crippen LogP contribution in [0.2, 0.25) is 0 Å². The molecule has 40 heavy (non-hydrogen) atoms. The van der Waals surface area contributed by atoms with Crippen LogP contribution in [0.1, 0.15) is 28.8 Å². The molecular weight excluding hydrogens is 553 g/mol. The highest BCUT2D eigenvalue weighted by molar-refractivity contribution is 7.89. The molecule has 1 saturated heterocycles. The van der Waals surface area contributed by atoms with Crippen molar-refractivity contribution in [3.8, 4) is 28.4 Å². The Morgan fingerprint density at radius 2 is 1.68 bits per heavy atom. The van der Waals surface area contributed by atoms with Crippen molar-refractivity contribution in [2.45, 2.75) is 30.0 Å². The number of hydrogen-bond donors (Lipinski definition) is 2. The van der Waals surface area contributed by atoms with E-state index in [4.69, 9.17) is 14.2 Å². The molecule has 1 fully saturated rings. The smallest absolute Gasteiger partial charge is 0.417 e. The summed E-state index contributed by atoms with van der Waals surface area (Å²) in [5.74, 6) is -1.17. The number of hydrogen-bond acceptors (Lipinski definition) is 7. The van der Waals surface area contributed by atoms with Gasteiger partial charge >= 0.3 is 6.18 Å². The van der Waals surface area contributed by atoms with E-state index in [1.165, 1.54) is 44.0 Å². The first kappa shape index (κ1) is 29.2. The van der Waals surface area contributed by atoms with Gasteiger partial charge in [0.05, 0.1) is 24.7 Å². The molecule has 1 heterocycles. The monoisotopic (exact) mass is 580 g/mol. The molecule has 13 heteroatoms. The van der Waals surface area contributed by atoms with E-state index >= 15 is 0 Å². The number of ether oxygens (including phenoxy) is 3. The van der Waals surface area contributed by atoms with E-state index in [0.717, 1.165) is 10.4 Å². The fraction of sp³-hybridized carbons (Fsp3) is 0.296. The van der Waals surface area contributed by atoms with Crippen molar-refractivity contribution >= 4 is 15.9 Å². The third kappa shape index (κ3) is 5.86. The number of halogens is 3. The highest BCUT2D eigenvalue weighted by Gasteiger charge is 2.37. The molecule has 1 aliphatic rings. The minimum Gasteiger partial charge on any atom is -0.493 e. The minimum absolute atomic E-state index is 0.0181. The largest absolute Gasteiger partial charge is 0.493 e. The fourth-order valence-electron chi connectivity index (χ4n) is 4.62. The van der Waals surface area contributed by atoms with E-state index in [0.29, 0.717) is 5.56 Å². The van der Waals surface area contributed by atoms with Crippen LogP contribution >= 0.6 is 0 Å². The zero-order valence-corrected chi connectivity index (χ0v) is 22.4. The van der Waals surface area contributed by atoms with Crippen molar-refractivity contribution in [1.82, 2.24) is 9.79 Å². The number of nitrogens with one attached hydrogen (secondary N) is 1. The molecule has 1 amide bonds. The third-order valence-electron chi connectivity index (χ3n) is 6.54. The van der Waals surface area contributed by atoms with Gasteiger partial charge in [0.15, 0.2) is 11.5 Å². The molecule has 0 atom stereocenters. The van der Waals surface area contributed by atoms with E-state index in [9.17, 15) is 31.6 Å². The maximum atomic E-state index is 13.9. The van der Waals surface area contributed by atoms with Gasteiger partial charge in [-0.25, -0.2) is 13.9 Å². The number of amides is 1. The fourth-order valence-corrected chi connectivity index (χ4v) is 6.27. The lowest BCUT2D eigenvalue weighted by Gasteiger charge is -2.32. The molecule has 0 aliphatic carbocycles. The molecule has 0 saturated carbocycles. The minimum atomic E-state index is -4.61. The number of sulfonamides is 1. The zero-order valence-electron chi connectivity index (χ0n) is 21.6. The lowest BCUT2D eigenvalue weighted by molar-refractivity contribution is -0.137. The van der Waals surface area contributed by atoms with Gasteiger partial charge in [0.25, 0.3) is 5.91 Å². The number of piperidine rings is 1. The molecule has 0 spiro atoms. The molecular formula is C27H27F3N2O7S. The maximum Gasteiger partial charge on any atom is 0.417 e. The van der Waals surface area contributed by atoms with Crippen LogP contribution in [0.4, 0.5) is 13.2 Å². The predicted molar refractivity (Wildman–Crippen MR) is 138 cm³/mol. The third-order valence-corrected chi connectivity index (χ3v) is 8.48. The molecule has 0 radical (unpaired) electrons. The molecule has 214 valence electrons. The summed E-state index contributed by atoms with van der Waals surface area (Å²) in [6.07, 6.45) is -4.77. The lowest BCUT2D eigenvalue weighted by Crippen LogP contribution is -2.42. The summed E-state index contributed by atoms with van der Waals surface area (Å²) in [6.45, 7) is -0.0362. The first-order chi connectivity index (χ1) is 19.0. The van der Waals surface area contributed by atoms with Gasteiger partial charge in [-0.05, 0) is 48.2 Å². The number of carbonyl (C=O) groups is 1. The van der Waals surface area contributed by atoms with Gasteiger partial charge in [-0.2, -0.15) is 17.5 Å². The molecule has 3 aromatic rings. The highest BCUT2D eigenvalue weighted by atomic mass is 32.2. The van der Waals surface area contributed by atoms with E-state index < -0.39 is 44.2 Å². The summed E-state index contributed by atoms with van der Waals surface area (Å²) < 4.78 is 85.9. The van der Waals surface area contributed by atoms with Crippen LogP contribution in [-0.2, 0) is 16.2 Å². The van der Waals surface area contributed by atoms with Crippen LogP contribution in [0.15, 0.2) is 65.6 Å². The number of nitrogens with zero attached hydrogens (tertiary/aromatic N) is 1. The van der Waals surface area contributed by atoms with Gasteiger partial charge in [0.2, 0.25) is 10.0 Å². The molecule has 0 bridgehead atoms. The first-order valence-corrected chi connectivity index (χ1v) is 13.6. The molecule has 2 N–H and O–H groups in total. The molecule has 9 nitrogen and oxygen atoms in total. The maximum absolute atomic E-state index is 13.9. The number of hydroxylamine groups is 1. The zero-order chi connectivity index (χ0) is 29.1. The van der Waals surface area contributed by atoms with Crippen molar-refractivity contribution in [2.24, 2.45) is 0 Å². The van der Waals surface area contributed by atoms with E-state index in [-0.39, 0.29) is 48.7 Å². The molecule has 0 unspecified atom stereocenters. The normalized spacial score (nSPS) is 14.9. The number of methoxy groups -OCH3 is 2. The average molecular weight is 581 g/mol. The van der Waals surface area contributed by atoms with Crippen LogP contribution in [0.5, 0.6) is 17.2 Å². The Morgan fingerprint density at radius 3 is 2.25 bits per heavy atom. The summed E-state index contributed by atoms with van der Waals surface area (Å²) in [5.41, 5.74) is 0.613. The lowest BCUT2D eigenvalue weighted by atomic mass is 9.99. The van der Waals surface area contributed by atoms with Gasteiger partial charge in [-0.3, -0.25) is 10.0 Å².